The number of nitrogens with zero attached hydrogens (tertiary/aromatic N) is 2. The molecule has 1 aliphatic heterocycles. The van der Waals surface area contributed by atoms with Crippen LogP contribution in [0, 0.1) is 0 Å². The first kappa shape index (κ1) is 20.9. The van der Waals surface area contributed by atoms with Gasteiger partial charge in [0, 0.05) is 29.0 Å². The first-order chi connectivity index (χ1) is 14.6. The van der Waals surface area contributed by atoms with Crippen molar-refractivity contribution in [3.63, 3.8) is 0 Å². The number of alkyl halides is 1. The minimum atomic E-state index is -0.250. The van der Waals surface area contributed by atoms with Crippen molar-refractivity contribution in [1.82, 2.24) is 4.98 Å². The Hall–Kier alpha value is -2.37. The van der Waals surface area contributed by atoms with Crippen LogP contribution in [-0.2, 0) is 17.6 Å². The van der Waals surface area contributed by atoms with Gasteiger partial charge in [0.1, 0.15) is 10.6 Å². The molecule has 2 heterocycles. The molecule has 4 nitrogen and oxygen atoms in total. The predicted molar refractivity (Wildman–Crippen MR) is 124 cm³/mol. The molecule has 0 radical (unpaired) electrons. The summed E-state index contributed by atoms with van der Waals surface area (Å²) in [6.07, 6.45) is 3.67. The average molecular weight is 486 g/mol. The molecule has 0 spiro atoms. The van der Waals surface area contributed by atoms with Crippen LogP contribution in [0.2, 0.25) is 5.02 Å². The highest BCUT2D eigenvalue weighted by molar-refractivity contribution is 9.10. The maximum atomic E-state index is 12.4. The molecule has 2 unspecified atom stereocenters. The van der Waals surface area contributed by atoms with Gasteiger partial charge >= 0.3 is 0 Å². The Morgan fingerprint density at radius 2 is 1.93 bits per heavy atom. The first-order valence-electron chi connectivity index (χ1n) is 9.96. The Bertz CT molecular complexity index is 1020. The van der Waals surface area contributed by atoms with E-state index in [1.165, 1.54) is 5.56 Å². The summed E-state index contributed by atoms with van der Waals surface area (Å²) < 4.78 is 5.88. The van der Waals surface area contributed by atoms with Crippen molar-refractivity contribution in [3.8, 4) is 5.75 Å². The van der Waals surface area contributed by atoms with Crippen molar-refractivity contribution in [2.24, 2.45) is 0 Å². The molecule has 0 N–H and O–H groups in total. The molecule has 0 bridgehead atoms. The summed E-state index contributed by atoms with van der Waals surface area (Å²) in [5, 5.41) is 0.611. The monoisotopic (exact) mass is 484 g/mol. The summed E-state index contributed by atoms with van der Waals surface area (Å²) in [7, 11) is 0. The number of pyridine rings is 1. The van der Waals surface area contributed by atoms with Gasteiger partial charge in [-0.05, 0) is 53.9 Å². The third kappa shape index (κ3) is 4.37. The third-order valence-electron chi connectivity index (χ3n) is 5.26. The Morgan fingerprint density at radius 3 is 2.60 bits per heavy atom. The van der Waals surface area contributed by atoms with Gasteiger partial charge in [0.25, 0.3) is 0 Å². The average Bonchev–Trinajstić information content (AvgIpc) is 2.78. The maximum absolute atomic E-state index is 12.4. The number of ether oxygens (including phenoxy) is 1. The molecule has 0 saturated carbocycles. The normalized spacial score (nSPS) is 18.2. The van der Waals surface area contributed by atoms with Crippen molar-refractivity contribution in [3.05, 3.63) is 88.7 Å². The second kappa shape index (κ2) is 9.19. The van der Waals surface area contributed by atoms with Gasteiger partial charge in [0.05, 0.1) is 12.6 Å². The molecule has 2 atom stereocenters. The zero-order valence-electron chi connectivity index (χ0n) is 16.6. The third-order valence-corrected chi connectivity index (χ3v) is 6.39. The number of hydrogen-bond acceptors (Lipinski definition) is 3. The number of halogens is 2. The minimum Gasteiger partial charge on any atom is -0.493 e. The van der Waals surface area contributed by atoms with Gasteiger partial charge < -0.3 is 9.64 Å². The standard InChI is InChI=1S/C24H22BrClN2O2/c1-2-16-6-9-19(27-15-16)12-13-30-21-10-7-17(8-11-21)23-22(25)24(29)28(23)20-5-3-4-18(26)14-20/h3-11,14-15,22-23H,2,12-13H2,1H3. The lowest BCUT2D eigenvalue weighted by molar-refractivity contribution is -0.123. The van der Waals surface area contributed by atoms with E-state index in [9.17, 15) is 4.79 Å². The van der Waals surface area contributed by atoms with Crippen molar-refractivity contribution in [2.45, 2.75) is 30.6 Å². The van der Waals surface area contributed by atoms with Crippen LogP contribution in [0.4, 0.5) is 5.69 Å². The molecule has 6 heteroatoms. The van der Waals surface area contributed by atoms with E-state index in [-0.39, 0.29) is 16.8 Å². The fourth-order valence-corrected chi connectivity index (χ4v) is 4.48. The largest absolute Gasteiger partial charge is 0.493 e. The van der Waals surface area contributed by atoms with Crippen LogP contribution in [0.15, 0.2) is 66.9 Å². The summed E-state index contributed by atoms with van der Waals surface area (Å²) in [6, 6.07) is 19.4. The van der Waals surface area contributed by atoms with Crippen LogP contribution in [0.1, 0.15) is 29.8 Å². The van der Waals surface area contributed by atoms with Crippen LogP contribution in [0.3, 0.4) is 0 Å². The number of amides is 1. The molecule has 1 amide bonds. The molecule has 1 fully saturated rings. The number of carbonyl (C=O) groups excluding carboxylic acids is 1. The molecular formula is C24H22BrClN2O2. The molecular weight excluding hydrogens is 464 g/mol. The van der Waals surface area contributed by atoms with Gasteiger partial charge in [0.15, 0.2) is 0 Å². The van der Waals surface area contributed by atoms with E-state index in [4.69, 9.17) is 16.3 Å². The highest BCUT2D eigenvalue weighted by atomic mass is 79.9. The van der Waals surface area contributed by atoms with Gasteiger partial charge in [-0.3, -0.25) is 9.78 Å². The van der Waals surface area contributed by atoms with Gasteiger partial charge in [-0.25, -0.2) is 0 Å². The van der Waals surface area contributed by atoms with E-state index in [1.807, 2.05) is 48.7 Å². The second-order valence-corrected chi connectivity index (χ2v) is 8.64. The van der Waals surface area contributed by atoms with Gasteiger partial charge in [-0.2, -0.15) is 0 Å². The van der Waals surface area contributed by atoms with Crippen LogP contribution >= 0.6 is 27.5 Å². The van der Waals surface area contributed by atoms with Gasteiger partial charge in [-0.1, -0.05) is 58.7 Å². The summed E-state index contributed by atoms with van der Waals surface area (Å²) in [5.74, 6) is 0.833. The lowest BCUT2D eigenvalue weighted by Crippen LogP contribution is -2.56. The molecule has 3 aromatic rings. The summed E-state index contributed by atoms with van der Waals surface area (Å²) >= 11 is 9.62. The van der Waals surface area contributed by atoms with Crippen LogP contribution in [-0.4, -0.2) is 22.3 Å². The van der Waals surface area contributed by atoms with Gasteiger partial charge in [-0.15, -0.1) is 0 Å². The summed E-state index contributed by atoms with van der Waals surface area (Å²) in [6.45, 7) is 2.68. The summed E-state index contributed by atoms with van der Waals surface area (Å²) in [4.78, 5) is 18.4. The van der Waals surface area contributed by atoms with Crippen LogP contribution in [0.25, 0.3) is 0 Å². The molecule has 154 valence electrons. The van der Waals surface area contributed by atoms with Crippen molar-refractivity contribution in [1.29, 1.82) is 0 Å². The Balaban J connectivity index is 1.39. The molecule has 2 aromatic carbocycles. The zero-order valence-corrected chi connectivity index (χ0v) is 18.9. The van der Waals surface area contributed by atoms with E-state index < -0.39 is 0 Å². The molecule has 1 saturated heterocycles. The predicted octanol–water partition coefficient (Wildman–Crippen LogP) is 5.77. The quantitative estimate of drug-likeness (QED) is 0.315. The number of benzene rings is 2. The molecule has 4 rings (SSSR count). The van der Waals surface area contributed by atoms with Gasteiger partial charge in [0.2, 0.25) is 5.91 Å². The fourth-order valence-electron chi connectivity index (χ4n) is 3.53. The Morgan fingerprint density at radius 1 is 1.13 bits per heavy atom. The number of aryl methyl sites for hydroxylation is 1. The number of aromatic nitrogens is 1. The fraction of sp³-hybridized carbons (Fsp3) is 0.250. The minimum absolute atomic E-state index is 0.0317. The SMILES string of the molecule is CCc1ccc(CCOc2ccc(C3C(Br)C(=O)N3c3cccc(Cl)c3)cc2)nc1. The number of hydrogen-bond donors (Lipinski definition) is 0. The van der Waals surface area contributed by atoms with Crippen molar-refractivity contribution in [2.75, 3.05) is 11.5 Å². The smallest absolute Gasteiger partial charge is 0.243 e. The van der Waals surface area contributed by atoms with E-state index in [0.29, 0.717) is 11.6 Å². The molecule has 0 aliphatic carbocycles. The van der Waals surface area contributed by atoms with E-state index in [0.717, 1.165) is 35.5 Å². The number of rotatable bonds is 7. The zero-order chi connectivity index (χ0) is 21.1. The second-order valence-electron chi connectivity index (χ2n) is 7.21. The molecule has 30 heavy (non-hydrogen) atoms. The highest BCUT2D eigenvalue weighted by Crippen LogP contribution is 2.43. The van der Waals surface area contributed by atoms with E-state index in [2.05, 4.69) is 40.0 Å². The van der Waals surface area contributed by atoms with Crippen molar-refractivity contribution < 1.29 is 9.53 Å². The highest BCUT2D eigenvalue weighted by Gasteiger charge is 2.47. The molecule has 1 aromatic heterocycles. The Labute approximate surface area is 190 Å². The van der Waals surface area contributed by atoms with E-state index >= 15 is 0 Å². The van der Waals surface area contributed by atoms with Crippen LogP contribution in [0.5, 0.6) is 5.75 Å². The van der Waals surface area contributed by atoms with Crippen LogP contribution < -0.4 is 9.64 Å². The lowest BCUT2D eigenvalue weighted by Gasteiger charge is -2.45. The Kier molecular flexibility index (Phi) is 6.40. The number of anilines is 1. The lowest BCUT2D eigenvalue weighted by atomic mass is 9.92. The molecule has 1 aliphatic rings. The van der Waals surface area contributed by atoms with E-state index in [1.54, 1.807) is 11.0 Å². The first-order valence-corrected chi connectivity index (χ1v) is 11.3. The number of β-lactam (4-membered cyclic amide) rings is 1. The number of carbonyl (C=O) groups is 1. The van der Waals surface area contributed by atoms with Crippen molar-refractivity contribution >= 4 is 39.1 Å². The topological polar surface area (TPSA) is 42.4 Å². The summed E-state index contributed by atoms with van der Waals surface area (Å²) in [5.41, 5.74) is 4.11. The maximum Gasteiger partial charge on any atom is 0.243 e.